The van der Waals surface area contributed by atoms with Gasteiger partial charge in [-0.25, -0.2) is 9.13 Å². The van der Waals surface area contributed by atoms with Gasteiger partial charge in [-0.15, -0.1) is 0 Å². The van der Waals surface area contributed by atoms with Crippen molar-refractivity contribution >= 4 is 33.6 Å². The molecule has 5 atom stereocenters. The molecule has 430 valence electrons. The molecule has 0 radical (unpaired) electrons. The number of aliphatic hydroxyl groups excluding tert-OH is 2. The van der Waals surface area contributed by atoms with Crippen LogP contribution in [0.25, 0.3) is 0 Å². The van der Waals surface area contributed by atoms with Gasteiger partial charge in [0.15, 0.2) is 6.10 Å². The van der Waals surface area contributed by atoms with E-state index in [1.165, 1.54) is 89.9 Å². The molecule has 0 aromatic heterocycles. The lowest BCUT2D eigenvalue weighted by Crippen LogP contribution is -2.30. The molecule has 0 saturated carbocycles. The van der Waals surface area contributed by atoms with Gasteiger partial charge in [0.2, 0.25) is 0 Å². The van der Waals surface area contributed by atoms with Crippen molar-refractivity contribution in [3.05, 3.63) is 24.3 Å². The molecule has 0 aromatic rings. The Bertz CT molecular complexity index is 1460. The van der Waals surface area contributed by atoms with Crippen LogP contribution < -0.4 is 0 Å². The number of phosphoric acid groups is 2. The maximum Gasteiger partial charge on any atom is 0.472 e. The molecule has 0 fully saturated rings. The Hall–Kier alpha value is -1.97. The zero-order valence-electron chi connectivity index (χ0n) is 45.8. The molecule has 0 amide bonds. The number of ether oxygens (including phenoxy) is 3. The Morgan fingerprint density at radius 1 is 0.370 bits per heavy atom. The summed E-state index contributed by atoms with van der Waals surface area (Å²) < 4.78 is 60.4. The summed E-state index contributed by atoms with van der Waals surface area (Å²) in [7, 11) is -9.73. The van der Waals surface area contributed by atoms with Crippen LogP contribution in [0.3, 0.4) is 0 Å². The standard InChI is InChI=1S/C55H104O16P2/c1-4-7-10-13-16-19-22-24-27-29-32-35-38-41-53(58)65-44-50(56)45-67-72(61,62)68-46-51(57)47-69-73(63,64)70-49-52(71-55(60)43-40-37-34-31-26-21-18-15-12-9-6-3)48-66-54(59)42-39-36-33-30-28-25-23-20-17-14-11-8-5-2/h19-20,22-23,50-52,56-57H,4-18,21,24-49H2,1-3H3,(H,61,62)(H,63,64)/b22-19-,23-20-. The van der Waals surface area contributed by atoms with Gasteiger partial charge in [-0.05, 0) is 70.6 Å². The van der Waals surface area contributed by atoms with E-state index in [0.717, 1.165) is 103 Å². The molecule has 73 heavy (non-hydrogen) atoms. The SMILES string of the molecule is CCCCCC/C=C\CCCCCCCC(=O)OCC(O)COP(=O)(O)OCC(O)COP(=O)(O)OCC(COC(=O)CCCCCCC/C=C\CCCCCC)OC(=O)CCCCCCCCCCCCC. The summed E-state index contributed by atoms with van der Waals surface area (Å²) in [5, 5.41) is 20.4. The quantitative estimate of drug-likeness (QED) is 0.0146. The molecule has 0 aliphatic carbocycles. The molecule has 16 nitrogen and oxygen atoms in total. The molecule has 18 heteroatoms. The molecule has 0 aromatic carbocycles. The monoisotopic (exact) mass is 1080 g/mol. The van der Waals surface area contributed by atoms with Gasteiger partial charge in [-0.3, -0.25) is 32.5 Å². The predicted octanol–water partition coefficient (Wildman–Crippen LogP) is 14.2. The number of carbonyl (C=O) groups excluding carboxylic acids is 3. The Morgan fingerprint density at radius 2 is 0.644 bits per heavy atom. The summed E-state index contributed by atoms with van der Waals surface area (Å²) in [6.07, 6.45) is 41.2. The number of hydrogen-bond donors (Lipinski definition) is 4. The molecule has 0 heterocycles. The van der Waals surface area contributed by atoms with E-state index in [0.29, 0.717) is 19.3 Å². The maximum absolute atomic E-state index is 12.8. The van der Waals surface area contributed by atoms with Crippen LogP contribution in [-0.2, 0) is 55.8 Å². The lowest BCUT2D eigenvalue weighted by Gasteiger charge is -2.21. The van der Waals surface area contributed by atoms with E-state index in [1.54, 1.807) is 0 Å². The van der Waals surface area contributed by atoms with E-state index in [-0.39, 0.29) is 19.3 Å². The van der Waals surface area contributed by atoms with Crippen LogP contribution in [-0.4, -0.2) is 95.9 Å². The number of carbonyl (C=O) groups is 3. The molecule has 0 bridgehead atoms. The first-order chi connectivity index (χ1) is 35.2. The summed E-state index contributed by atoms with van der Waals surface area (Å²) in [6.45, 7) is 2.60. The molecule has 0 rings (SSSR count). The van der Waals surface area contributed by atoms with Crippen LogP contribution in [0.1, 0.15) is 252 Å². The van der Waals surface area contributed by atoms with Crippen LogP contribution in [0.15, 0.2) is 24.3 Å². The smallest absolute Gasteiger partial charge is 0.463 e. The number of phosphoric ester groups is 2. The van der Waals surface area contributed by atoms with E-state index < -0.39 is 91.5 Å². The van der Waals surface area contributed by atoms with Crippen molar-refractivity contribution in [2.75, 3.05) is 39.6 Å². The number of esters is 3. The second-order valence-corrected chi connectivity index (χ2v) is 22.4. The topological polar surface area (TPSA) is 231 Å². The average molecular weight is 1080 g/mol. The van der Waals surface area contributed by atoms with Gasteiger partial charge < -0.3 is 34.2 Å². The highest BCUT2D eigenvalue weighted by atomic mass is 31.2. The van der Waals surface area contributed by atoms with E-state index in [2.05, 4.69) is 45.1 Å². The predicted molar refractivity (Wildman–Crippen MR) is 289 cm³/mol. The molecule has 0 spiro atoms. The first kappa shape index (κ1) is 71.0. The summed E-state index contributed by atoms with van der Waals surface area (Å²) in [5.41, 5.74) is 0. The zero-order chi connectivity index (χ0) is 53.9. The van der Waals surface area contributed by atoms with Gasteiger partial charge in [0.25, 0.3) is 0 Å². The van der Waals surface area contributed by atoms with Gasteiger partial charge in [-0.1, -0.05) is 186 Å². The van der Waals surface area contributed by atoms with Crippen molar-refractivity contribution in [3.8, 4) is 0 Å². The third-order valence-electron chi connectivity index (χ3n) is 12.1. The fraction of sp³-hybridized carbons (Fsp3) is 0.873. The zero-order valence-corrected chi connectivity index (χ0v) is 47.6. The minimum atomic E-state index is -4.90. The highest BCUT2D eigenvalue weighted by molar-refractivity contribution is 7.47. The fourth-order valence-corrected chi connectivity index (χ4v) is 9.26. The molecular formula is C55H104O16P2. The molecule has 4 N–H and O–H groups in total. The van der Waals surface area contributed by atoms with Crippen molar-refractivity contribution < 1.29 is 75.8 Å². The molecule has 5 unspecified atom stereocenters. The Morgan fingerprint density at radius 3 is 1.01 bits per heavy atom. The van der Waals surface area contributed by atoms with Crippen LogP contribution in [0.5, 0.6) is 0 Å². The molecule has 0 saturated heterocycles. The summed E-state index contributed by atoms with van der Waals surface area (Å²) >= 11 is 0. The highest BCUT2D eigenvalue weighted by Crippen LogP contribution is 2.45. The Kier molecular flexibility index (Phi) is 49.5. The summed E-state index contributed by atoms with van der Waals surface area (Å²) in [5.74, 6) is -1.58. The minimum Gasteiger partial charge on any atom is -0.463 e. The lowest BCUT2D eigenvalue weighted by atomic mass is 10.1. The third kappa shape index (κ3) is 51.9. The van der Waals surface area contributed by atoms with Crippen molar-refractivity contribution in [1.29, 1.82) is 0 Å². The largest absolute Gasteiger partial charge is 0.472 e. The number of rotatable bonds is 55. The second-order valence-electron chi connectivity index (χ2n) is 19.4. The first-order valence-corrected chi connectivity index (χ1v) is 31.6. The van der Waals surface area contributed by atoms with E-state index in [1.807, 2.05) is 0 Å². The molecule has 0 aliphatic rings. The molecule has 0 aliphatic heterocycles. The van der Waals surface area contributed by atoms with Crippen LogP contribution >= 0.6 is 15.6 Å². The number of allylic oxidation sites excluding steroid dienone is 4. The lowest BCUT2D eigenvalue weighted by molar-refractivity contribution is -0.161. The van der Waals surface area contributed by atoms with Gasteiger partial charge >= 0.3 is 33.6 Å². The van der Waals surface area contributed by atoms with Crippen molar-refractivity contribution in [2.24, 2.45) is 0 Å². The summed E-state index contributed by atoms with van der Waals surface area (Å²) in [4.78, 5) is 57.8. The van der Waals surface area contributed by atoms with Crippen LogP contribution in [0.2, 0.25) is 0 Å². The number of aliphatic hydroxyl groups is 2. The summed E-state index contributed by atoms with van der Waals surface area (Å²) in [6, 6.07) is 0. The van der Waals surface area contributed by atoms with Crippen LogP contribution in [0.4, 0.5) is 0 Å². The first-order valence-electron chi connectivity index (χ1n) is 28.6. The minimum absolute atomic E-state index is 0.110. The third-order valence-corrected chi connectivity index (χ3v) is 14.1. The maximum atomic E-state index is 12.8. The highest BCUT2D eigenvalue weighted by Gasteiger charge is 2.29. The van der Waals surface area contributed by atoms with E-state index in [9.17, 15) is 43.5 Å². The van der Waals surface area contributed by atoms with Crippen molar-refractivity contribution in [1.82, 2.24) is 0 Å². The van der Waals surface area contributed by atoms with Gasteiger partial charge in [0, 0.05) is 19.3 Å². The fourth-order valence-electron chi connectivity index (χ4n) is 7.68. The van der Waals surface area contributed by atoms with Crippen molar-refractivity contribution in [2.45, 2.75) is 270 Å². The Balaban J connectivity index is 4.68. The number of hydrogen-bond acceptors (Lipinski definition) is 14. The van der Waals surface area contributed by atoms with Crippen LogP contribution in [0, 0.1) is 0 Å². The van der Waals surface area contributed by atoms with E-state index >= 15 is 0 Å². The van der Waals surface area contributed by atoms with Gasteiger partial charge in [-0.2, -0.15) is 0 Å². The average Bonchev–Trinajstić information content (AvgIpc) is 3.36. The van der Waals surface area contributed by atoms with Crippen molar-refractivity contribution in [3.63, 3.8) is 0 Å². The van der Waals surface area contributed by atoms with Gasteiger partial charge in [0.1, 0.15) is 25.4 Å². The normalized spacial score (nSPS) is 14.8. The second kappa shape index (κ2) is 50.8. The van der Waals surface area contributed by atoms with Gasteiger partial charge in [0.05, 0.1) is 26.4 Å². The molecular weight excluding hydrogens is 979 g/mol. The number of unbranched alkanes of at least 4 members (excludes halogenated alkanes) is 28. The van der Waals surface area contributed by atoms with E-state index in [4.69, 9.17) is 32.3 Å². The Labute approximate surface area is 442 Å².